The average Bonchev–Trinajstić information content (AvgIpc) is 2.50. The van der Waals surface area contributed by atoms with Gasteiger partial charge in [0, 0.05) is 26.1 Å². The van der Waals surface area contributed by atoms with E-state index >= 15 is 0 Å². The topological polar surface area (TPSA) is 40.5 Å². The Bertz CT molecular complexity index is 247. The molecule has 1 N–H and O–H groups in total. The summed E-state index contributed by atoms with van der Waals surface area (Å²) in [4.78, 5) is 14.0. The van der Waals surface area contributed by atoms with Gasteiger partial charge in [-0.25, -0.2) is 0 Å². The molecule has 0 aromatic rings. The molecule has 0 saturated carbocycles. The molecule has 0 aliphatic carbocycles. The van der Waals surface area contributed by atoms with Gasteiger partial charge in [-0.1, -0.05) is 51.9 Å². The van der Waals surface area contributed by atoms with Crippen molar-refractivity contribution in [3.05, 3.63) is 0 Å². The number of likely N-dealkylation sites (tertiary alicyclic amines) is 1. The molecule has 1 amide bonds. The lowest BCUT2D eigenvalue weighted by atomic mass is 9.97. The maximum atomic E-state index is 12.0. The van der Waals surface area contributed by atoms with Gasteiger partial charge in [0.1, 0.15) is 0 Å². The minimum Gasteiger partial charge on any atom is -0.396 e. The van der Waals surface area contributed by atoms with Crippen LogP contribution < -0.4 is 0 Å². The molecule has 0 bridgehead atoms. The van der Waals surface area contributed by atoms with Crippen LogP contribution in [-0.4, -0.2) is 35.6 Å². The lowest BCUT2D eigenvalue weighted by Crippen LogP contribution is -2.39. The van der Waals surface area contributed by atoms with Crippen LogP contribution in [0.2, 0.25) is 0 Å². The normalized spacial score (nSPS) is 16.6. The highest BCUT2D eigenvalue weighted by Crippen LogP contribution is 2.18. The molecular weight excluding hydrogens is 250 g/mol. The smallest absolute Gasteiger partial charge is 0.222 e. The van der Waals surface area contributed by atoms with E-state index in [2.05, 4.69) is 6.92 Å². The van der Waals surface area contributed by atoms with Gasteiger partial charge in [-0.15, -0.1) is 0 Å². The third-order valence-corrected chi connectivity index (χ3v) is 4.47. The van der Waals surface area contributed by atoms with Crippen molar-refractivity contribution in [3.8, 4) is 0 Å². The van der Waals surface area contributed by atoms with Crippen molar-refractivity contribution < 1.29 is 9.90 Å². The Hall–Kier alpha value is -0.570. The predicted octanol–water partition coefficient (Wildman–Crippen LogP) is 3.75. The van der Waals surface area contributed by atoms with Crippen molar-refractivity contribution in [2.75, 3.05) is 19.7 Å². The quantitative estimate of drug-likeness (QED) is 0.620. The van der Waals surface area contributed by atoms with E-state index in [0.717, 1.165) is 38.8 Å². The number of nitrogens with zero attached hydrogens (tertiary/aromatic N) is 1. The predicted molar refractivity (Wildman–Crippen MR) is 83.6 cm³/mol. The SMILES string of the molecule is CCCCCCCCCCC(=O)N1CCC(CO)CC1. The molecule has 1 fully saturated rings. The summed E-state index contributed by atoms with van der Waals surface area (Å²) in [6.07, 6.45) is 12.9. The number of piperidine rings is 1. The highest BCUT2D eigenvalue weighted by molar-refractivity contribution is 5.76. The summed E-state index contributed by atoms with van der Waals surface area (Å²) in [7, 11) is 0. The number of hydrogen-bond donors (Lipinski definition) is 1. The molecule has 3 nitrogen and oxygen atoms in total. The van der Waals surface area contributed by atoms with Crippen molar-refractivity contribution in [1.29, 1.82) is 0 Å². The Balaban J connectivity index is 1.95. The van der Waals surface area contributed by atoms with Gasteiger partial charge in [0.05, 0.1) is 0 Å². The minimum absolute atomic E-state index is 0.278. The summed E-state index contributed by atoms with van der Waals surface area (Å²) in [6, 6.07) is 0. The van der Waals surface area contributed by atoms with Crippen molar-refractivity contribution in [2.24, 2.45) is 5.92 Å². The van der Waals surface area contributed by atoms with Gasteiger partial charge in [0.15, 0.2) is 0 Å². The van der Waals surface area contributed by atoms with Gasteiger partial charge in [-0.05, 0) is 25.2 Å². The molecular formula is C17H33NO2. The fourth-order valence-electron chi connectivity index (χ4n) is 2.93. The van der Waals surface area contributed by atoms with E-state index in [1.165, 1.54) is 44.9 Å². The van der Waals surface area contributed by atoms with Crippen LogP contribution in [0.5, 0.6) is 0 Å². The van der Waals surface area contributed by atoms with E-state index < -0.39 is 0 Å². The van der Waals surface area contributed by atoms with Crippen LogP contribution in [-0.2, 0) is 4.79 Å². The number of hydrogen-bond acceptors (Lipinski definition) is 2. The van der Waals surface area contributed by atoms with Gasteiger partial charge < -0.3 is 10.0 Å². The van der Waals surface area contributed by atoms with Gasteiger partial charge in [-0.3, -0.25) is 4.79 Å². The average molecular weight is 283 g/mol. The molecule has 0 aromatic carbocycles. The number of amides is 1. The number of carbonyl (C=O) groups is 1. The van der Waals surface area contributed by atoms with Crippen molar-refractivity contribution in [2.45, 2.75) is 77.6 Å². The first-order valence-electron chi connectivity index (χ1n) is 8.66. The van der Waals surface area contributed by atoms with Crippen LogP contribution in [0.4, 0.5) is 0 Å². The van der Waals surface area contributed by atoms with Crippen LogP contribution in [0.1, 0.15) is 77.6 Å². The number of aliphatic hydroxyl groups excluding tert-OH is 1. The Kier molecular flexibility index (Phi) is 9.73. The second-order valence-electron chi connectivity index (χ2n) is 6.23. The maximum Gasteiger partial charge on any atom is 0.222 e. The molecule has 1 heterocycles. The monoisotopic (exact) mass is 283 g/mol. The standard InChI is InChI=1S/C17H33NO2/c1-2-3-4-5-6-7-8-9-10-17(20)18-13-11-16(15-19)12-14-18/h16,19H,2-15H2,1H3. The molecule has 118 valence electrons. The molecule has 1 saturated heterocycles. The van der Waals surface area contributed by atoms with Gasteiger partial charge in [0.25, 0.3) is 0 Å². The first-order chi connectivity index (χ1) is 9.77. The van der Waals surface area contributed by atoms with Crippen LogP contribution in [0, 0.1) is 5.92 Å². The Morgan fingerprint density at radius 2 is 1.55 bits per heavy atom. The first-order valence-corrected chi connectivity index (χ1v) is 8.66. The zero-order valence-electron chi connectivity index (χ0n) is 13.3. The first kappa shape index (κ1) is 17.5. The van der Waals surface area contributed by atoms with Crippen LogP contribution in [0.15, 0.2) is 0 Å². The molecule has 0 unspecified atom stereocenters. The summed E-state index contributed by atoms with van der Waals surface area (Å²) in [5.41, 5.74) is 0. The molecule has 1 aliphatic rings. The van der Waals surface area contributed by atoms with E-state index in [1.807, 2.05) is 4.90 Å². The fourth-order valence-corrected chi connectivity index (χ4v) is 2.93. The van der Waals surface area contributed by atoms with E-state index in [4.69, 9.17) is 5.11 Å². The molecule has 0 atom stereocenters. The maximum absolute atomic E-state index is 12.0. The van der Waals surface area contributed by atoms with Crippen LogP contribution in [0.3, 0.4) is 0 Å². The van der Waals surface area contributed by atoms with E-state index in [-0.39, 0.29) is 6.61 Å². The summed E-state index contributed by atoms with van der Waals surface area (Å²) in [5, 5.41) is 9.09. The fraction of sp³-hybridized carbons (Fsp3) is 0.941. The van der Waals surface area contributed by atoms with Crippen LogP contribution in [0.25, 0.3) is 0 Å². The molecule has 20 heavy (non-hydrogen) atoms. The largest absolute Gasteiger partial charge is 0.396 e. The third kappa shape index (κ3) is 7.28. The van der Waals surface area contributed by atoms with Crippen molar-refractivity contribution in [1.82, 2.24) is 4.90 Å². The summed E-state index contributed by atoms with van der Waals surface area (Å²) < 4.78 is 0. The highest BCUT2D eigenvalue weighted by atomic mass is 16.3. The minimum atomic E-state index is 0.278. The van der Waals surface area contributed by atoms with E-state index in [9.17, 15) is 4.79 Å². The Labute approximate surface area is 124 Å². The van der Waals surface area contributed by atoms with Gasteiger partial charge >= 0.3 is 0 Å². The molecule has 0 radical (unpaired) electrons. The highest BCUT2D eigenvalue weighted by Gasteiger charge is 2.21. The zero-order valence-corrected chi connectivity index (χ0v) is 13.3. The Morgan fingerprint density at radius 3 is 2.10 bits per heavy atom. The second kappa shape index (κ2) is 11.1. The van der Waals surface area contributed by atoms with Crippen LogP contribution >= 0.6 is 0 Å². The number of unbranched alkanes of at least 4 members (excludes halogenated alkanes) is 7. The zero-order chi connectivity index (χ0) is 14.6. The van der Waals surface area contributed by atoms with Crippen molar-refractivity contribution in [3.63, 3.8) is 0 Å². The summed E-state index contributed by atoms with van der Waals surface area (Å²) >= 11 is 0. The molecule has 0 aromatic heterocycles. The summed E-state index contributed by atoms with van der Waals surface area (Å²) in [5.74, 6) is 0.745. The Morgan fingerprint density at radius 1 is 1.00 bits per heavy atom. The molecule has 1 rings (SSSR count). The number of aliphatic hydroxyl groups is 1. The second-order valence-corrected chi connectivity index (χ2v) is 6.23. The lowest BCUT2D eigenvalue weighted by molar-refractivity contribution is -0.132. The molecule has 1 aliphatic heterocycles. The van der Waals surface area contributed by atoms with Gasteiger partial charge in [-0.2, -0.15) is 0 Å². The van der Waals surface area contributed by atoms with E-state index in [0.29, 0.717) is 11.8 Å². The van der Waals surface area contributed by atoms with Gasteiger partial charge in [0.2, 0.25) is 5.91 Å². The lowest BCUT2D eigenvalue weighted by Gasteiger charge is -2.31. The third-order valence-electron chi connectivity index (χ3n) is 4.47. The number of rotatable bonds is 10. The van der Waals surface area contributed by atoms with E-state index in [1.54, 1.807) is 0 Å². The molecule has 3 heteroatoms. The summed E-state index contributed by atoms with van der Waals surface area (Å²) in [6.45, 7) is 4.22. The molecule has 0 spiro atoms. The number of carbonyl (C=O) groups excluding carboxylic acids is 1. The van der Waals surface area contributed by atoms with Crippen molar-refractivity contribution >= 4 is 5.91 Å².